The third-order valence-electron chi connectivity index (χ3n) is 2.77. The van der Waals surface area contributed by atoms with Gasteiger partial charge in [-0.3, -0.25) is 0 Å². The fraction of sp³-hybridized carbons (Fsp3) is 0.833. The van der Waals surface area contributed by atoms with Crippen LogP contribution in [0.1, 0.15) is 63.7 Å². The highest BCUT2D eigenvalue weighted by atomic mass is 16.5. The van der Waals surface area contributed by atoms with Crippen LogP contribution in [0.4, 0.5) is 0 Å². The van der Waals surface area contributed by atoms with Gasteiger partial charge < -0.3 is 15.0 Å². The summed E-state index contributed by atoms with van der Waals surface area (Å²) in [6, 6.07) is -0.298. The first-order valence-corrected chi connectivity index (χ1v) is 6.39. The summed E-state index contributed by atoms with van der Waals surface area (Å²) in [6.07, 6.45) is 2.98. The van der Waals surface area contributed by atoms with Crippen LogP contribution >= 0.6 is 0 Å². The quantitative estimate of drug-likeness (QED) is 0.707. The number of nitrogens with two attached hydrogens (primary N) is 1. The van der Waals surface area contributed by atoms with Crippen LogP contribution in [-0.2, 0) is 4.74 Å². The highest BCUT2D eigenvalue weighted by Gasteiger charge is 2.18. The highest BCUT2D eigenvalue weighted by Crippen LogP contribution is 2.21. The molecule has 0 bridgehead atoms. The van der Waals surface area contributed by atoms with E-state index in [0.29, 0.717) is 30.8 Å². The van der Waals surface area contributed by atoms with Gasteiger partial charge >= 0.3 is 0 Å². The summed E-state index contributed by atoms with van der Waals surface area (Å²) in [5.41, 5.74) is 5.92. The first kappa shape index (κ1) is 14.1. The van der Waals surface area contributed by atoms with Gasteiger partial charge in [-0.25, -0.2) is 0 Å². The van der Waals surface area contributed by atoms with Crippen molar-refractivity contribution >= 4 is 0 Å². The molecule has 0 fully saturated rings. The van der Waals surface area contributed by atoms with Gasteiger partial charge in [0.15, 0.2) is 5.82 Å². The lowest BCUT2D eigenvalue weighted by Gasteiger charge is -2.07. The molecule has 0 spiro atoms. The second-order valence-electron chi connectivity index (χ2n) is 4.19. The van der Waals surface area contributed by atoms with Crippen molar-refractivity contribution in [3.8, 4) is 0 Å². The molecule has 0 aliphatic rings. The molecule has 1 unspecified atom stereocenters. The van der Waals surface area contributed by atoms with E-state index in [4.69, 9.17) is 15.0 Å². The van der Waals surface area contributed by atoms with Crippen LogP contribution in [0.15, 0.2) is 4.52 Å². The number of aromatic nitrogens is 2. The number of hydrogen-bond acceptors (Lipinski definition) is 5. The predicted octanol–water partition coefficient (Wildman–Crippen LogP) is 2.40. The van der Waals surface area contributed by atoms with E-state index in [1.54, 1.807) is 0 Å². The fourth-order valence-corrected chi connectivity index (χ4v) is 1.63. The topological polar surface area (TPSA) is 74.2 Å². The van der Waals surface area contributed by atoms with Gasteiger partial charge in [0.2, 0.25) is 5.89 Å². The first-order valence-electron chi connectivity index (χ1n) is 6.39. The highest BCUT2D eigenvalue weighted by molar-refractivity contribution is 4.97. The standard InChI is InChI=1S/C12H23N3O2/c1-4-7-16-8-10(13)11-14-12(17-15-11)9(5-2)6-3/h9-10H,4-8,13H2,1-3H3. The molecule has 0 saturated heterocycles. The third kappa shape index (κ3) is 4.09. The Bertz CT molecular complexity index is 310. The zero-order chi connectivity index (χ0) is 12.7. The van der Waals surface area contributed by atoms with Crippen LogP contribution in [0, 0.1) is 0 Å². The maximum absolute atomic E-state index is 5.92. The molecule has 1 aromatic heterocycles. The molecular weight excluding hydrogens is 218 g/mol. The van der Waals surface area contributed by atoms with E-state index in [2.05, 4.69) is 30.9 Å². The Labute approximate surface area is 103 Å². The van der Waals surface area contributed by atoms with E-state index in [1.165, 1.54) is 0 Å². The minimum atomic E-state index is -0.298. The molecule has 0 amide bonds. The van der Waals surface area contributed by atoms with Crippen molar-refractivity contribution in [1.29, 1.82) is 0 Å². The van der Waals surface area contributed by atoms with Crippen molar-refractivity contribution in [2.24, 2.45) is 5.73 Å². The molecule has 98 valence electrons. The van der Waals surface area contributed by atoms with E-state index in [0.717, 1.165) is 19.3 Å². The summed E-state index contributed by atoms with van der Waals surface area (Å²) in [4.78, 5) is 4.35. The Hall–Kier alpha value is -0.940. The zero-order valence-electron chi connectivity index (χ0n) is 11.0. The first-order chi connectivity index (χ1) is 8.22. The second-order valence-corrected chi connectivity index (χ2v) is 4.19. The van der Waals surface area contributed by atoms with E-state index in [9.17, 15) is 0 Å². The van der Waals surface area contributed by atoms with Crippen LogP contribution in [-0.4, -0.2) is 23.4 Å². The second kappa shape index (κ2) is 7.40. The molecular formula is C12H23N3O2. The average Bonchev–Trinajstić information content (AvgIpc) is 2.80. The molecule has 1 heterocycles. The van der Waals surface area contributed by atoms with E-state index < -0.39 is 0 Å². The Morgan fingerprint density at radius 3 is 2.59 bits per heavy atom. The van der Waals surface area contributed by atoms with Crippen molar-refractivity contribution in [2.75, 3.05) is 13.2 Å². The van der Waals surface area contributed by atoms with Gasteiger partial charge in [0.1, 0.15) is 0 Å². The summed E-state index contributed by atoms with van der Waals surface area (Å²) in [7, 11) is 0. The van der Waals surface area contributed by atoms with Gasteiger partial charge in [-0.05, 0) is 19.3 Å². The monoisotopic (exact) mass is 241 g/mol. The summed E-state index contributed by atoms with van der Waals surface area (Å²) >= 11 is 0. The molecule has 5 nitrogen and oxygen atoms in total. The van der Waals surface area contributed by atoms with Gasteiger partial charge in [0.05, 0.1) is 12.6 Å². The Balaban J connectivity index is 2.54. The molecule has 0 aliphatic heterocycles. The van der Waals surface area contributed by atoms with Crippen LogP contribution in [0.3, 0.4) is 0 Å². The molecule has 1 atom stereocenters. The van der Waals surface area contributed by atoms with Gasteiger partial charge in [0.25, 0.3) is 0 Å². The number of rotatable bonds is 8. The van der Waals surface area contributed by atoms with Crippen molar-refractivity contribution in [3.05, 3.63) is 11.7 Å². The SMILES string of the molecule is CCCOCC(N)c1noc(C(CC)CC)n1. The number of hydrogen-bond donors (Lipinski definition) is 1. The van der Waals surface area contributed by atoms with Crippen LogP contribution in [0.2, 0.25) is 0 Å². The molecule has 0 aromatic carbocycles. The Morgan fingerprint density at radius 2 is 2.00 bits per heavy atom. The molecule has 2 N–H and O–H groups in total. The minimum Gasteiger partial charge on any atom is -0.379 e. The smallest absolute Gasteiger partial charge is 0.229 e. The summed E-state index contributed by atoms with van der Waals surface area (Å²) in [6.45, 7) is 7.44. The van der Waals surface area contributed by atoms with E-state index >= 15 is 0 Å². The predicted molar refractivity (Wildman–Crippen MR) is 65.7 cm³/mol. The van der Waals surface area contributed by atoms with Crippen molar-refractivity contribution in [3.63, 3.8) is 0 Å². The Kier molecular flexibility index (Phi) is 6.15. The van der Waals surface area contributed by atoms with Crippen molar-refractivity contribution < 1.29 is 9.26 Å². The van der Waals surface area contributed by atoms with Crippen molar-refractivity contribution in [1.82, 2.24) is 10.1 Å². The number of ether oxygens (including phenoxy) is 1. The molecule has 17 heavy (non-hydrogen) atoms. The normalized spacial score (nSPS) is 13.2. The lowest BCUT2D eigenvalue weighted by Crippen LogP contribution is -2.19. The zero-order valence-corrected chi connectivity index (χ0v) is 11.0. The van der Waals surface area contributed by atoms with Crippen LogP contribution in [0.25, 0.3) is 0 Å². The largest absolute Gasteiger partial charge is 0.379 e. The third-order valence-corrected chi connectivity index (χ3v) is 2.77. The van der Waals surface area contributed by atoms with E-state index in [1.807, 2.05) is 0 Å². The average molecular weight is 241 g/mol. The van der Waals surface area contributed by atoms with Crippen molar-refractivity contribution in [2.45, 2.75) is 52.0 Å². The molecule has 1 aromatic rings. The van der Waals surface area contributed by atoms with Gasteiger partial charge in [-0.1, -0.05) is 25.9 Å². The molecule has 5 heteroatoms. The maximum Gasteiger partial charge on any atom is 0.229 e. The Morgan fingerprint density at radius 1 is 1.29 bits per heavy atom. The molecule has 1 rings (SSSR count). The van der Waals surface area contributed by atoms with Crippen LogP contribution in [0.5, 0.6) is 0 Å². The fourth-order valence-electron chi connectivity index (χ4n) is 1.63. The summed E-state index contributed by atoms with van der Waals surface area (Å²) < 4.78 is 10.6. The maximum atomic E-state index is 5.92. The van der Waals surface area contributed by atoms with E-state index in [-0.39, 0.29) is 6.04 Å². The summed E-state index contributed by atoms with van der Waals surface area (Å²) in [5.74, 6) is 1.57. The lowest BCUT2D eigenvalue weighted by atomic mass is 10.0. The molecule has 0 radical (unpaired) electrons. The molecule has 0 aliphatic carbocycles. The van der Waals surface area contributed by atoms with Gasteiger partial charge in [-0.2, -0.15) is 4.98 Å². The summed E-state index contributed by atoms with van der Waals surface area (Å²) in [5, 5.41) is 3.92. The molecule has 0 saturated carbocycles. The lowest BCUT2D eigenvalue weighted by molar-refractivity contribution is 0.119. The van der Waals surface area contributed by atoms with Gasteiger partial charge in [0, 0.05) is 12.5 Å². The van der Waals surface area contributed by atoms with Crippen LogP contribution < -0.4 is 5.73 Å². The number of nitrogens with zero attached hydrogens (tertiary/aromatic N) is 2. The van der Waals surface area contributed by atoms with Gasteiger partial charge in [-0.15, -0.1) is 0 Å². The minimum absolute atomic E-state index is 0.298.